The topological polar surface area (TPSA) is 84.7 Å². The lowest BCUT2D eigenvalue weighted by Crippen LogP contribution is -2.34. The molecule has 28 heavy (non-hydrogen) atoms. The molecule has 1 N–H and O–H groups in total. The number of non-ortho nitro benzene ring substituents is 1. The van der Waals surface area contributed by atoms with Gasteiger partial charge in [-0.2, -0.15) is 0 Å². The maximum atomic E-state index is 13.1. The second-order valence-corrected chi connectivity index (χ2v) is 7.29. The average Bonchev–Trinajstić information content (AvgIpc) is 2.68. The van der Waals surface area contributed by atoms with E-state index in [0.717, 1.165) is 37.2 Å². The SMILES string of the molecule is COc1ccc(C)cc1NC(=O)c1cc([N+](=O)[O-])ccc1N1CCC(C)CC1. The van der Waals surface area contributed by atoms with Gasteiger partial charge in [-0.05, 0) is 49.4 Å². The van der Waals surface area contributed by atoms with Crippen molar-refractivity contribution in [2.45, 2.75) is 26.7 Å². The zero-order valence-electron chi connectivity index (χ0n) is 16.4. The minimum absolute atomic E-state index is 0.101. The summed E-state index contributed by atoms with van der Waals surface area (Å²) in [4.78, 5) is 26.0. The molecule has 0 saturated carbocycles. The Labute approximate surface area is 164 Å². The molecule has 0 unspecified atom stereocenters. The molecule has 7 heteroatoms. The van der Waals surface area contributed by atoms with Gasteiger partial charge in [0.15, 0.2) is 0 Å². The Morgan fingerprint density at radius 3 is 2.57 bits per heavy atom. The largest absolute Gasteiger partial charge is 0.495 e. The van der Waals surface area contributed by atoms with Crippen molar-refractivity contribution >= 4 is 23.0 Å². The normalized spacial score (nSPS) is 14.6. The van der Waals surface area contributed by atoms with E-state index in [2.05, 4.69) is 17.1 Å². The number of benzene rings is 2. The quantitative estimate of drug-likeness (QED) is 0.611. The third kappa shape index (κ3) is 4.24. The monoisotopic (exact) mass is 383 g/mol. The van der Waals surface area contributed by atoms with Crippen molar-refractivity contribution in [3.63, 3.8) is 0 Å². The van der Waals surface area contributed by atoms with Crippen molar-refractivity contribution in [3.05, 3.63) is 57.6 Å². The van der Waals surface area contributed by atoms with E-state index in [1.807, 2.05) is 19.1 Å². The molecule has 2 aromatic rings. The van der Waals surface area contributed by atoms with Gasteiger partial charge < -0.3 is 15.0 Å². The van der Waals surface area contributed by atoms with E-state index < -0.39 is 4.92 Å². The summed E-state index contributed by atoms with van der Waals surface area (Å²) in [5.41, 5.74) is 2.43. The van der Waals surface area contributed by atoms with Crippen LogP contribution < -0.4 is 15.0 Å². The highest BCUT2D eigenvalue weighted by Crippen LogP contribution is 2.31. The summed E-state index contributed by atoms with van der Waals surface area (Å²) in [7, 11) is 1.54. The molecule has 1 heterocycles. The van der Waals surface area contributed by atoms with Crippen molar-refractivity contribution < 1.29 is 14.5 Å². The van der Waals surface area contributed by atoms with Crippen LogP contribution in [0.2, 0.25) is 0 Å². The zero-order valence-corrected chi connectivity index (χ0v) is 16.4. The predicted molar refractivity (Wildman–Crippen MR) is 109 cm³/mol. The van der Waals surface area contributed by atoms with Crippen LogP contribution in [0.15, 0.2) is 36.4 Å². The Morgan fingerprint density at radius 1 is 1.21 bits per heavy atom. The molecule has 3 rings (SSSR count). The van der Waals surface area contributed by atoms with Gasteiger partial charge in [0, 0.05) is 25.2 Å². The Balaban J connectivity index is 1.96. The first-order valence-electron chi connectivity index (χ1n) is 9.38. The molecule has 0 bridgehead atoms. The molecule has 1 aliphatic rings. The Bertz CT molecular complexity index is 889. The fraction of sp³-hybridized carbons (Fsp3) is 0.381. The van der Waals surface area contributed by atoms with Gasteiger partial charge in [-0.3, -0.25) is 14.9 Å². The molecule has 0 atom stereocenters. The van der Waals surface area contributed by atoms with E-state index in [0.29, 0.717) is 22.9 Å². The number of nitro groups is 1. The van der Waals surface area contributed by atoms with Crippen molar-refractivity contribution in [1.82, 2.24) is 0 Å². The van der Waals surface area contributed by atoms with Crippen molar-refractivity contribution in [3.8, 4) is 5.75 Å². The standard InChI is InChI=1S/C21H25N3O4/c1-14-8-10-23(11-9-14)19-6-5-16(24(26)27)13-17(19)21(25)22-18-12-15(2)4-7-20(18)28-3/h4-7,12-14H,8-11H2,1-3H3,(H,22,25). The Kier molecular flexibility index (Phi) is 5.82. The maximum absolute atomic E-state index is 13.1. The lowest BCUT2D eigenvalue weighted by atomic mass is 9.97. The van der Waals surface area contributed by atoms with E-state index in [9.17, 15) is 14.9 Å². The summed E-state index contributed by atoms with van der Waals surface area (Å²) in [6, 6.07) is 9.97. The van der Waals surface area contributed by atoms with Crippen molar-refractivity contribution in [2.75, 3.05) is 30.4 Å². The van der Waals surface area contributed by atoms with Crippen LogP contribution in [0.5, 0.6) is 5.75 Å². The maximum Gasteiger partial charge on any atom is 0.270 e. The third-order valence-electron chi connectivity index (χ3n) is 5.16. The van der Waals surface area contributed by atoms with Crippen molar-refractivity contribution in [2.24, 2.45) is 5.92 Å². The Morgan fingerprint density at radius 2 is 1.93 bits per heavy atom. The highest BCUT2D eigenvalue weighted by Gasteiger charge is 2.24. The molecule has 0 spiro atoms. The minimum atomic E-state index is -0.480. The van der Waals surface area contributed by atoms with Crippen molar-refractivity contribution in [1.29, 1.82) is 0 Å². The van der Waals surface area contributed by atoms with Crippen LogP contribution in [-0.4, -0.2) is 31.0 Å². The zero-order chi connectivity index (χ0) is 20.3. The van der Waals surface area contributed by atoms with E-state index in [-0.39, 0.29) is 11.6 Å². The molecule has 7 nitrogen and oxygen atoms in total. The number of hydrogen-bond donors (Lipinski definition) is 1. The first-order valence-corrected chi connectivity index (χ1v) is 9.38. The second-order valence-electron chi connectivity index (χ2n) is 7.29. The number of rotatable bonds is 5. The fourth-order valence-electron chi connectivity index (χ4n) is 3.45. The van der Waals surface area contributed by atoms with Gasteiger partial charge >= 0.3 is 0 Å². The summed E-state index contributed by atoms with van der Waals surface area (Å²) in [5, 5.41) is 14.1. The number of nitrogens with zero attached hydrogens (tertiary/aromatic N) is 2. The molecule has 0 aromatic heterocycles. The first kappa shape index (κ1) is 19.7. The second kappa shape index (κ2) is 8.29. The number of methoxy groups -OCH3 is 1. The van der Waals surface area contributed by atoms with Crippen LogP contribution in [0, 0.1) is 23.0 Å². The van der Waals surface area contributed by atoms with Crippen LogP contribution in [-0.2, 0) is 0 Å². The predicted octanol–water partition coefficient (Wildman–Crippen LogP) is 4.40. The molecular formula is C21H25N3O4. The summed E-state index contributed by atoms with van der Waals surface area (Å²) < 4.78 is 5.32. The summed E-state index contributed by atoms with van der Waals surface area (Å²) >= 11 is 0. The lowest BCUT2D eigenvalue weighted by Gasteiger charge is -2.33. The molecule has 0 aliphatic carbocycles. The van der Waals surface area contributed by atoms with Gasteiger partial charge in [-0.1, -0.05) is 13.0 Å². The van der Waals surface area contributed by atoms with Gasteiger partial charge in [0.05, 0.1) is 29.0 Å². The van der Waals surface area contributed by atoms with Crippen LogP contribution in [0.25, 0.3) is 0 Å². The number of piperidine rings is 1. The number of amides is 1. The number of ether oxygens (including phenoxy) is 1. The highest BCUT2D eigenvalue weighted by atomic mass is 16.6. The molecule has 1 amide bonds. The van der Waals surface area contributed by atoms with Gasteiger partial charge in [0.2, 0.25) is 0 Å². The minimum Gasteiger partial charge on any atom is -0.495 e. The third-order valence-corrected chi connectivity index (χ3v) is 5.16. The summed E-state index contributed by atoms with van der Waals surface area (Å²) in [6.07, 6.45) is 2.06. The molecule has 0 radical (unpaired) electrons. The Hall–Kier alpha value is -3.09. The molecule has 148 valence electrons. The number of nitro benzene ring substituents is 1. The van der Waals surface area contributed by atoms with Gasteiger partial charge in [-0.15, -0.1) is 0 Å². The van der Waals surface area contributed by atoms with Gasteiger partial charge in [0.25, 0.3) is 11.6 Å². The number of carbonyl (C=O) groups is 1. The van der Waals surface area contributed by atoms with Gasteiger partial charge in [0.1, 0.15) is 5.75 Å². The number of nitrogens with one attached hydrogen (secondary N) is 1. The highest BCUT2D eigenvalue weighted by molar-refractivity contribution is 6.09. The molecule has 1 aliphatic heterocycles. The number of carbonyl (C=O) groups excluding carboxylic acids is 1. The number of hydrogen-bond acceptors (Lipinski definition) is 5. The van der Waals surface area contributed by atoms with Crippen LogP contribution in [0.3, 0.4) is 0 Å². The average molecular weight is 383 g/mol. The molecular weight excluding hydrogens is 358 g/mol. The molecule has 1 saturated heterocycles. The van der Waals surface area contributed by atoms with E-state index in [1.165, 1.54) is 19.2 Å². The summed E-state index contributed by atoms with van der Waals surface area (Å²) in [5.74, 6) is 0.794. The molecule has 1 fully saturated rings. The van der Waals surface area contributed by atoms with Crippen LogP contribution in [0.1, 0.15) is 35.7 Å². The number of aryl methyl sites for hydroxylation is 1. The van der Waals surface area contributed by atoms with Gasteiger partial charge in [-0.25, -0.2) is 0 Å². The van der Waals surface area contributed by atoms with Crippen LogP contribution in [0.4, 0.5) is 17.1 Å². The summed E-state index contributed by atoms with van der Waals surface area (Å²) in [6.45, 7) is 5.79. The number of anilines is 2. The van der Waals surface area contributed by atoms with E-state index in [1.54, 1.807) is 12.1 Å². The van der Waals surface area contributed by atoms with Crippen LogP contribution >= 0.6 is 0 Å². The first-order chi connectivity index (χ1) is 13.4. The van der Waals surface area contributed by atoms with E-state index in [4.69, 9.17) is 4.74 Å². The van der Waals surface area contributed by atoms with E-state index >= 15 is 0 Å². The fourth-order valence-corrected chi connectivity index (χ4v) is 3.45. The lowest BCUT2D eigenvalue weighted by molar-refractivity contribution is -0.384. The molecule has 2 aromatic carbocycles. The smallest absolute Gasteiger partial charge is 0.270 e.